The van der Waals surface area contributed by atoms with Crippen molar-refractivity contribution in [3.63, 3.8) is 0 Å². The molecule has 4 N–H and O–H groups in total. The third-order valence-electron chi connectivity index (χ3n) is 8.03. The average molecular weight is 584 g/mol. The molecule has 3 heterocycles. The number of nitrogens with zero attached hydrogens (tertiary/aromatic N) is 4. The van der Waals surface area contributed by atoms with Crippen LogP contribution in [0.2, 0.25) is 0 Å². The minimum atomic E-state index is -1.97. The Morgan fingerprint density at radius 1 is 1.07 bits per heavy atom. The SMILES string of the molecule is Nc1c(Oc2ccc(F)cc2)ncn(CC2(O)CCN(C(=O)[C@@H]3CCN(C(=O)O)C[C@H]3c3ccccc3)C[C@@H]2F)c1=O. The molecule has 2 saturated heterocycles. The molecule has 1 aromatic heterocycles. The van der Waals surface area contributed by atoms with E-state index in [0.717, 1.165) is 16.5 Å². The molecule has 1 unspecified atom stereocenters. The molecule has 2 aromatic carbocycles. The number of hydrogen-bond donors (Lipinski definition) is 3. The summed E-state index contributed by atoms with van der Waals surface area (Å²) in [4.78, 5) is 44.8. The van der Waals surface area contributed by atoms with Crippen LogP contribution < -0.4 is 16.0 Å². The molecule has 0 spiro atoms. The van der Waals surface area contributed by atoms with Gasteiger partial charge in [0, 0.05) is 31.5 Å². The van der Waals surface area contributed by atoms with Crippen molar-refractivity contribution >= 4 is 17.7 Å². The first-order chi connectivity index (χ1) is 20.1. The number of aliphatic hydroxyl groups is 1. The highest BCUT2D eigenvalue weighted by atomic mass is 19.1. The predicted octanol–water partition coefficient (Wildman–Crippen LogP) is 2.84. The van der Waals surface area contributed by atoms with Crippen LogP contribution in [0.1, 0.15) is 24.3 Å². The minimum Gasteiger partial charge on any atom is -0.465 e. The van der Waals surface area contributed by atoms with Gasteiger partial charge < -0.3 is 30.5 Å². The number of benzene rings is 2. The number of likely N-dealkylation sites (tertiary alicyclic amines) is 2. The number of hydrogen-bond acceptors (Lipinski definition) is 7. The highest BCUT2D eigenvalue weighted by molar-refractivity contribution is 5.81. The van der Waals surface area contributed by atoms with Crippen LogP contribution in [-0.2, 0) is 11.3 Å². The lowest BCUT2D eigenvalue weighted by atomic mass is 9.79. The monoisotopic (exact) mass is 583 g/mol. The van der Waals surface area contributed by atoms with Crippen LogP contribution in [-0.4, -0.2) is 79.5 Å². The topological polar surface area (TPSA) is 151 Å². The molecule has 5 rings (SSSR count). The van der Waals surface area contributed by atoms with Crippen molar-refractivity contribution in [2.24, 2.45) is 5.92 Å². The Morgan fingerprint density at radius 3 is 2.45 bits per heavy atom. The Morgan fingerprint density at radius 2 is 1.79 bits per heavy atom. The molecular formula is C29H31F2N5O6. The van der Waals surface area contributed by atoms with Gasteiger partial charge in [0.15, 0.2) is 5.69 Å². The summed E-state index contributed by atoms with van der Waals surface area (Å²) in [5.74, 6) is -1.74. The highest BCUT2D eigenvalue weighted by Gasteiger charge is 2.46. The van der Waals surface area contributed by atoms with E-state index in [-0.39, 0.29) is 62.2 Å². The van der Waals surface area contributed by atoms with E-state index in [9.17, 15) is 29.0 Å². The zero-order chi connectivity index (χ0) is 30.0. The van der Waals surface area contributed by atoms with E-state index in [2.05, 4.69) is 4.98 Å². The summed E-state index contributed by atoms with van der Waals surface area (Å²) in [5, 5.41) is 20.7. The maximum absolute atomic E-state index is 15.6. The molecule has 3 aromatic rings. The second-order valence-corrected chi connectivity index (χ2v) is 10.7. The Bertz CT molecular complexity index is 1500. The van der Waals surface area contributed by atoms with Crippen molar-refractivity contribution in [2.75, 3.05) is 31.9 Å². The highest BCUT2D eigenvalue weighted by Crippen LogP contribution is 2.36. The van der Waals surface area contributed by atoms with Gasteiger partial charge in [-0.05, 0) is 42.7 Å². The van der Waals surface area contributed by atoms with Crippen LogP contribution in [0, 0.1) is 11.7 Å². The number of carboxylic acid groups (broad SMARTS) is 1. The van der Waals surface area contributed by atoms with E-state index in [1.165, 1.54) is 34.1 Å². The lowest BCUT2D eigenvalue weighted by molar-refractivity contribution is -0.149. The van der Waals surface area contributed by atoms with E-state index < -0.39 is 47.6 Å². The van der Waals surface area contributed by atoms with Gasteiger partial charge in [-0.25, -0.2) is 18.6 Å². The van der Waals surface area contributed by atoms with Gasteiger partial charge >= 0.3 is 6.09 Å². The Labute approximate surface area is 239 Å². The first-order valence-corrected chi connectivity index (χ1v) is 13.5. The number of amides is 2. The summed E-state index contributed by atoms with van der Waals surface area (Å²) >= 11 is 0. The maximum Gasteiger partial charge on any atom is 0.407 e. The number of nitrogens with two attached hydrogens (primary N) is 1. The van der Waals surface area contributed by atoms with Gasteiger partial charge in [0.2, 0.25) is 11.8 Å². The molecule has 13 heteroatoms. The number of ether oxygens (including phenoxy) is 1. The Hall–Kier alpha value is -4.52. The molecule has 0 aliphatic carbocycles. The Kier molecular flexibility index (Phi) is 8.12. The van der Waals surface area contributed by atoms with Gasteiger partial charge in [0.25, 0.3) is 5.56 Å². The third-order valence-corrected chi connectivity index (χ3v) is 8.03. The molecule has 0 bridgehead atoms. The van der Waals surface area contributed by atoms with Gasteiger partial charge in [-0.3, -0.25) is 14.2 Å². The Balaban J connectivity index is 1.27. The average Bonchev–Trinajstić information content (AvgIpc) is 2.99. The standard InChI is InChI=1S/C29H31F2N5O6/c30-19-6-8-20(9-7-19)42-25-24(32)27(38)36(17-33-25)16-29(41)11-13-34(15-23(29)31)26(37)21-10-12-35(28(39)40)14-22(21)18-4-2-1-3-5-18/h1-9,17,21-23,41H,10-16,32H2,(H,39,40)/t21-,22+,23+,29?/m1/s1. The fourth-order valence-corrected chi connectivity index (χ4v) is 5.61. The van der Waals surface area contributed by atoms with Crippen LogP contribution in [0.5, 0.6) is 11.6 Å². The lowest BCUT2D eigenvalue weighted by Crippen LogP contribution is -2.59. The molecule has 0 saturated carbocycles. The first kappa shape index (κ1) is 29.0. The zero-order valence-electron chi connectivity index (χ0n) is 22.6. The van der Waals surface area contributed by atoms with E-state index in [0.29, 0.717) is 0 Å². The molecule has 42 heavy (non-hydrogen) atoms. The van der Waals surface area contributed by atoms with Crippen LogP contribution in [0.4, 0.5) is 19.3 Å². The van der Waals surface area contributed by atoms with Crippen molar-refractivity contribution in [3.05, 3.63) is 82.7 Å². The largest absolute Gasteiger partial charge is 0.465 e. The summed E-state index contributed by atoms with van der Waals surface area (Å²) in [7, 11) is 0. The van der Waals surface area contributed by atoms with Crippen molar-refractivity contribution in [2.45, 2.75) is 37.1 Å². The summed E-state index contributed by atoms with van der Waals surface area (Å²) < 4.78 is 35.2. The molecule has 222 valence electrons. The molecule has 4 atom stereocenters. The van der Waals surface area contributed by atoms with Crippen molar-refractivity contribution in [1.82, 2.24) is 19.4 Å². The van der Waals surface area contributed by atoms with Gasteiger partial charge in [0.05, 0.1) is 13.1 Å². The number of carbonyl (C=O) groups is 2. The number of aromatic nitrogens is 2. The van der Waals surface area contributed by atoms with E-state index in [1.54, 1.807) is 0 Å². The third kappa shape index (κ3) is 5.91. The van der Waals surface area contributed by atoms with Crippen molar-refractivity contribution in [3.8, 4) is 11.6 Å². The fourth-order valence-electron chi connectivity index (χ4n) is 5.61. The quantitative estimate of drug-likeness (QED) is 0.401. The van der Waals surface area contributed by atoms with Crippen LogP contribution in [0.25, 0.3) is 0 Å². The number of carbonyl (C=O) groups excluding carboxylic acids is 1. The number of anilines is 1. The summed E-state index contributed by atoms with van der Waals surface area (Å²) in [6.07, 6.45) is -1.72. The number of rotatable bonds is 6. The first-order valence-electron chi connectivity index (χ1n) is 13.5. The molecule has 2 fully saturated rings. The number of piperidine rings is 2. The fraction of sp³-hybridized carbons (Fsp3) is 0.379. The van der Waals surface area contributed by atoms with Crippen LogP contribution in [0.15, 0.2) is 65.7 Å². The summed E-state index contributed by atoms with van der Waals surface area (Å²) in [5.41, 5.74) is 3.64. The smallest absolute Gasteiger partial charge is 0.407 e. The van der Waals surface area contributed by atoms with E-state index in [4.69, 9.17) is 10.5 Å². The van der Waals surface area contributed by atoms with E-state index in [1.807, 2.05) is 30.3 Å². The second kappa shape index (κ2) is 11.8. The normalized spacial score (nSPS) is 24.3. The summed E-state index contributed by atoms with van der Waals surface area (Å²) in [6, 6.07) is 14.2. The molecule has 2 aliphatic rings. The van der Waals surface area contributed by atoms with Crippen molar-refractivity contribution < 1.29 is 33.3 Å². The second-order valence-electron chi connectivity index (χ2n) is 10.7. The summed E-state index contributed by atoms with van der Waals surface area (Å²) in [6.45, 7) is -0.471. The van der Waals surface area contributed by atoms with Crippen LogP contribution in [0.3, 0.4) is 0 Å². The van der Waals surface area contributed by atoms with Gasteiger partial charge in [0.1, 0.15) is 29.7 Å². The van der Waals surface area contributed by atoms with Gasteiger partial charge in [-0.2, -0.15) is 0 Å². The van der Waals surface area contributed by atoms with E-state index >= 15 is 4.39 Å². The molecular weight excluding hydrogens is 552 g/mol. The maximum atomic E-state index is 15.6. The van der Waals surface area contributed by atoms with Crippen molar-refractivity contribution in [1.29, 1.82) is 0 Å². The number of halogens is 2. The van der Waals surface area contributed by atoms with Gasteiger partial charge in [-0.15, -0.1) is 0 Å². The van der Waals surface area contributed by atoms with Crippen LogP contribution >= 0.6 is 0 Å². The molecule has 2 amide bonds. The molecule has 2 aliphatic heterocycles. The predicted molar refractivity (Wildman–Crippen MR) is 147 cm³/mol. The molecule has 11 nitrogen and oxygen atoms in total. The lowest BCUT2D eigenvalue weighted by Gasteiger charge is -2.44. The molecule has 0 radical (unpaired) electrons. The minimum absolute atomic E-state index is 0.0415. The zero-order valence-corrected chi connectivity index (χ0v) is 22.6. The number of alkyl halides is 1. The van der Waals surface area contributed by atoms with Gasteiger partial charge in [-0.1, -0.05) is 30.3 Å². The number of nitrogen functional groups attached to an aromatic ring is 1.